The van der Waals surface area contributed by atoms with E-state index in [1.165, 1.54) is 23.1 Å². The van der Waals surface area contributed by atoms with Gasteiger partial charge >= 0.3 is 5.97 Å². The second-order valence-electron chi connectivity index (χ2n) is 5.61. The molecule has 8 heteroatoms. The number of halogens is 2. The average molecular weight is 429 g/mol. The monoisotopic (exact) mass is 428 g/mol. The molecule has 2 rings (SSSR count). The van der Waals surface area contributed by atoms with Gasteiger partial charge in [0.1, 0.15) is 0 Å². The van der Waals surface area contributed by atoms with Gasteiger partial charge in [0, 0.05) is 20.8 Å². The van der Waals surface area contributed by atoms with E-state index in [0.717, 1.165) is 16.9 Å². The van der Waals surface area contributed by atoms with Crippen LogP contribution in [-0.2, 0) is 4.79 Å². The van der Waals surface area contributed by atoms with Crippen LogP contribution < -0.4 is 0 Å². The van der Waals surface area contributed by atoms with Crippen molar-refractivity contribution in [3.8, 4) is 10.4 Å². The SMILES string of the molecule is CCC(C)C(=NC(=N)c1ccc(-c2cc(Cl)cc(Cl)c2)s1)SCC(=O)O. The molecule has 0 spiro atoms. The first kappa shape index (κ1) is 21.0. The molecule has 2 aromatic rings. The largest absolute Gasteiger partial charge is 0.481 e. The lowest BCUT2D eigenvalue weighted by molar-refractivity contribution is -0.133. The van der Waals surface area contributed by atoms with Crippen LogP contribution in [-0.4, -0.2) is 27.7 Å². The van der Waals surface area contributed by atoms with Gasteiger partial charge in [0.05, 0.1) is 15.7 Å². The second kappa shape index (κ2) is 9.55. The van der Waals surface area contributed by atoms with Crippen molar-refractivity contribution in [1.29, 1.82) is 5.41 Å². The van der Waals surface area contributed by atoms with Gasteiger partial charge in [0.15, 0.2) is 5.84 Å². The van der Waals surface area contributed by atoms with E-state index in [2.05, 4.69) is 4.99 Å². The highest BCUT2D eigenvalue weighted by Crippen LogP contribution is 2.32. The van der Waals surface area contributed by atoms with Crippen LogP contribution in [0.3, 0.4) is 0 Å². The lowest BCUT2D eigenvalue weighted by atomic mass is 10.1. The number of hydrogen-bond acceptors (Lipinski definition) is 4. The summed E-state index contributed by atoms with van der Waals surface area (Å²) in [5, 5.41) is 19.0. The third-order valence-electron chi connectivity index (χ3n) is 3.59. The molecule has 1 unspecified atom stereocenters. The van der Waals surface area contributed by atoms with Crippen LogP contribution in [0.4, 0.5) is 0 Å². The molecule has 0 saturated carbocycles. The summed E-state index contributed by atoms with van der Waals surface area (Å²) >= 11 is 14.7. The third-order valence-corrected chi connectivity index (χ3v) is 6.34. The zero-order valence-corrected chi connectivity index (χ0v) is 17.4. The Morgan fingerprint density at radius 2 is 1.96 bits per heavy atom. The lowest BCUT2D eigenvalue weighted by Gasteiger charge is -2.11. The molecule has 138 valence electrons. The van der Waals surface area contributed by atoms with Crippen LogP contribution in [0, 0.1) is 11.3 Å². The van der Waals surface area contributed by atoms with Crippen molar-refractivity contribution < 1.29 is 9.90 Å². The highest BCUT2D eigenvalue weighted by molar-refractivity contribution is 8.14. The number of carbonyl (C=O) groups is 1. The molecule has 2 N–H and O–H groups in total. The maximum Gasteiger partial charge on any atom is 0.313 e. The molecule has 0 fully saturated rings. The number of nitrogens with zero attached hydrogens (tertiary/aromatic N) is 1. The average Bonchev–Trinajstić information content (AvgIpc) is 3.07. The fraction of sp³-hybridized carbons (Fsp3) is 0.278. The summed E-state index contributed by atoms with van der Waals surface area (Å²) in [6.07, 6.45) is 0.829. The molecule has 4 nitrogen and oxygen atoms in total. The summed E-state index contributed by atoms with van der Waals surface area (Å²) in [6, 6.07) is 9.05. The first-order valence-corrected chi connectivity index (χ1v) is 10.4. The molecule has 1 atom stereocenters. The number of rotatable bonds is 6. The quantitative estimate of drug-likeness (QED) is 0.417. The Balaban J connectivity index is 2.25. The number of thioether (sulfide) groups is 1. The van der Waals surface area contributed by atoms with Crippen molar-refractivity contribution in [1.82, 2.24) is 0 Å². The Bertz CT molecular complexity index is 829. The molecule has 1 aromatic carbocycles. The molecule has 0 aliphatic heterocycles. The first-order chi connectivity index (χ1) is 12.3. The maximum absolute atomic E-state index is 10.8. The van der Waals surface area contributed by atoms with E-state index in [1.54, 1.807) is 6.07 Å². The summed E-state index contributed by atoms with van der Waals surface area (Å²) < 4.78 is 0. The van der Waals surface area contributed by atoms with Gasteiger partial charge in [0.2, 0.25) is 0 Å². The van der Waals surface area contributed by atoms with Crippen molar-refractivity contribution in [3.05, 3.63) is 45.3 Å². The van der Waals surface area contributed by atoms with Crippen molar-refractivity contribution in [2.45, 2.75) is 20.3 Å². The van der Waals surface area contributed by atoms with Gasteiger partial charge in [-0.15, -0.1) is 11.3 Å². The topological polar surface area (TPSA) is 73.5 Å². The number of carboxylic acids is 1. The summed E-state index contributed by atoms with van der Waals surface area (Å²) in [7, 11) is 0. The van der Waals surface area contributed by atoms with Gasteiger partial charge in [-0.05, 0) is 42.3 Å². The summed E-state index contributed by atoms with van der Waals surface area (Å²) in [6.45, 7) is 3.99. The summed E-state index contributed by atoms with van der Waals surface area (Å²) in [4.78, 5) is 16.9. The van der Waals surface area contributed by atoms with Crippen molar-refractivity contribution in [2.24, 2.45) is 10.9 Å². The number of benzene rings is 1. The van der Waals surface area contributed by atoms with Crippen LogP contribution in [0.25, 0.3) is 10.4 Å². The lowest BCUT2D eigenvalue weighted by Crippen LogP contribution is -2.12. The number of carboxylic acid groups (broad SMARTS) is 1. The van der Waals surface area contributed by atoms with Gasteiger partial charge in [-0.3, -0.25) is 10.2 Å². The first-order valence-electron chi connectivity index (χ1n) is 7.88. The molecular formula is C18H18Cl2N2O2S2. The van der Waals surface area contributed by atoms with Crippen LogP contribution in [0.15, 0.2) is 35.3 Å². The van der Waals surface area contributed by atoms with E-state index in [0.29, 0.717) is 20.0 Å². The van der Waals surface area contributed by atoms with Crippen molar-refractivity contribution in [2.75, 3.05) is 5.75 Å². The van der Waals surface area contributed by atoms with Crippen LogP contribution in [0.2, 0.25) is 10.0 Å². The minimum atomic E-state index is -0.895. The summed E-state index contributed by atoms with van der Waals surface area (Å²) in [5.74, 6) is -0.727. The molecule has 0 aliphatic rings. The Morgan fingerprint density at radius 1 is 1.31 bits per heavy atom. The van der Waals surface area contributed by atoms with E-state index in [9.17, 15) is 4.79 Å². The molecule has 0 bridgehead atoms. The number of amidine groups is 1. The zero-order valence-electron chi connectivity index (χ0n) is 14.3. The Kier molecular flexibility index (Phi) is 7.70. The minimum Gasteiger partial charge on any atom is -0.481 e. The number of aliphatic imine (C=N–C) groups is 1. The van der Waals surface area contributed by atoms with E-state index in [-0.39, 0.29) is 17.5 Å². The zero-order chi connectivity index (χ0) is 19.3. The molecular weight excluding hydrogens is 411 g/mol. The fourth-order valence-electron chi connectivity index (χ4n) is 2.08. The Labute approximate surface area is 170 Å². The van der Waals surface area contributed by atoms with Crippen LogP contribution >= 0.6 is 46.3 Å². The second-order valence-corrected chi connectivity index (χ2v) is 8.56. The van der Waals surface area contributed by atoms with Gasteiger partial charge in [-0.2, -0.15) is 0 Å². The standard InChI is InChI=1S/C18H18Cl2N2O2S2/c1-3-10(2)18(25-9-16(23)24)22-17(21)15-5-4-14(26-15)11-6-12(19)8-13(20)7-11/h4-8,10,21H,3,9H2,1-2H3,(H,23,24). The molecule has 0 amide bonds. The van der Waals surface area contributed by atoms with E-state index < -0.39 is 5.97 Å². The maximum atomic E-state index is 10.8. The Hall–Kier alpha value is -1.34. The van der Waals surface area contributed by atoms with E-state index in [1.807, 2.05) is 38.1 Å². The highest BCUT2D eigenvalue weighted by atomic mass is 35.5. The number of aliphatic carboxylic acids is 1. The minimum absolute atomic E-state index is 0.0623. The Morgan fingerprint density at radius 3 is 2.54 bits per heavy atom. The molecule has 26 heavy (non-hydrogen) atoms. The predicted octanol–water partition coefficient (Wildman–Crippen LogP) is 6.31. The third kappa shape index (κ3) is 5.84. The number of nitrogens with one attached hydrogen (secondary N) is 1. The molecule has 0 saturated heterocycles. The highest BCUT2D eigenvalue weighted by Gasteiger charge is 2.14. The molecule has 0 aliphatic carbocycles. The number of hydrogen-bond donors (Lipinski definition) is 2. The van der Waals surface area contributed by atoms with E-state index >= 15 is 0 Å². The van der Waals surface area contributed by atoms with Crippen LogP contribution in [0.1, 0.15) is 25.1 Å². The van der Waals surface area contributed by atoms with Gasteiger partial charge in [-0.1, -0.05) is 48.8 Å². The fourth-order valence-corrected chi connectivity index (χ4v) is 4.37. The molecule has 0 radical (unpaired) electrons. The predicted molar refractivity (Wildman–Crippen MR) is 114 cm³/mol. The van der Waals surface area contributed by atoms with Gasteiger partial charge in [-0.25, -0.2) is 4.99 Å². The summed E-state index contributed by atoms with van der Waals surface area (Å²) in [5.41, 5.74) is 0.887. The van der Waals surface area contributed by atoms with Crippen molar-refractivity contribution in [3.63, 3.8) is 0 Å². The van der Waals surface area contributed by atoms with Gasteiger partial charge in [0.25, 0.3) is 0 Å². The van der Waals surface area contributed by atoms with E-state index in [4.69, 9.17) is 33.7 Å². The van der Waals surface area contributed by atoms with Crippen LogP contribution in [0.5, 0.6) is 0 Å². The molecule has 1 heterocycles. The smallest absolute Gasteiger partial charge is 0.313 e. The molecule has 1 aromatic heterocycles. The van der Waals surface area contributed by atoms with Crippen molar-refractivity contribution >= 4 is 63.1 Å². The normalized spacial score (nSPS) is 12.8. The number of thiophene rings is 1. The van der Waals surface area contributed by atoms with Gasteiger partial charge < -0.3 is 5.11 Å².